The number of benzene rings is 1. The number of hydrogen-bond donors (Lipinski definition) is 1. The van der Waals surface area contributed by atoms with E-state index in [2.05, 4.69) is 4.98 Å². The van der Waals surface area contributed by atoms with Crippen LogP contribution in [0.2, 0.25) is 0 Å². The van der Waals surface area contributed by atoms with Gasteiger partial charge in [-0.15, -0.1) is 0 Å². The first-order chi connectivity index (χ1) is 7.65. The Hall–Kier alpha value is -1.97. The van der Waals surface area contributed by atoms with Gasteiger partial charge < -0.3 is 15.0 Å². The highest BCUT2D eigenvalue weighted by molar-refractivity contribution is 5.75. The molecule has 0 unspecified atom stereocenters. The Morgan fingerprint density at radius 1 is 1.31 bits per heavy atom. The first-order valence-corrected chi connectivity index (χ1v) is 5.07. The SMILES string of the molecule is COc1ccccc1-c1nc(C)n(C)c1N. The highest BCUT2D eigenvalue weighted by Crippen LogP contribution is 2.32. The number of anilines is 1. The maximum Gasteiger partial charge on any atom is 0.131 e. The van der Waals surface area contributed by atoms with Gasteiger partial charge in [0.15, 0.2) is 0 Å². The molecule has 0 saturated heterocycles. The monoisotopic (exact) mass is 217 g/mol. The van der Waals surface area contributed by atoms with Crippen molar-refractivity contribution in [2.45, 2.75) is 6.92 Å². The molecule has 0 spiro atoms. The van der Waals surface area contributed by atoms with Gasteiger partial charge in [0.25, 0.3) is 0 Å². The molecule has 0 aliphatic rings. The minimum absolute atomic E-state index is 0.655. The van der Waals surface area contributed by atoms with Gasteiger partial charge in [0.05, 0.1) is 7.11 Å². The van der Waals surface area contributed by atoms with E-state index in [0.717, 1.165) is 22.8 Å². The number of nitrogens with zero attached hydrogens (tertiary/aromatic N) is 2. The number of imidazole rings is 1. The minimum Gasteiger partial charge on any atom is -0.496 e. The lowest BCUT2D eigenvalue weighted by Crippen LogP contribution is -1.98. The summed E-state index contributed by atoms with van der Waals surface area (Å²) in [6.07, 6.45) is 0. The maximum absolute atomic E-state index is 6.00. The van der Waals surface area contributed by atoms with Gasteiger partial charge in [-0.3, -0.25) is 0 Å². The molecule has 0 radical (unpaired) electrons. The normalized spacial score (nSPS) is 10.4. The predicted octanol–water partition coefficient (Wildman–Crippen LogP) is 1.99. The number of aromatic nitrogens is 2. The van der Waals surface area contributed by atoms with Gasteiger partial charge in [-0.2, -0.15) is 0 Å². The number of nitrogen functional groups attached to an aromatic ring is 1. The van der Waals surface area contributed by atoms with E-state index in [1.165, 1.54) is 0 Å². The van der Waals surface area contributed by atoms with Crippen molar-refractivity contribution in [2.75, 3.05) is 12.8 Å². The van der Waals surface area contributed by atoms with Crippen LogP contribution >= 0.6 is 0 Å². The number of hydrogen-bond acceptors (Lipinski definition) is 3. The molecule has 1 aromatic carbocycles. The summed E-state index contributed by atoms with van der Waals surface area (Å²) in [5, 5.41) is 0. The topological polar surface area (TPSA) is 53.1 Å². The summed E-state index contributed by atoms with van der Waals surface area (Å²) in [6.45, 7) is 1.93. The fourth-order valence-electron chi connectivity index (χ4n) is 1.67. The molecule has 2 rings (SSSR count). The molecule has 4 nitrogen and oxygen atoms in total. The standard InChI is InChI=1S/C12H15N3O/c1-8-14-11(12(13)15(8)2)9-6-4-5-7-10(9)16-3/h4-7H,13H2,1-3H3. The van der Waals surface area contributed by atoms with Crippen molar-refractivity contribution in [3.63, 3.8) is 0 Å². The smallest absolute Gasteiger partial charge is 0.131 e. The van der Waals surface area contributed by atoms with Crippen molar-refractivity contribution in [3.8, 4) is 17.0 Å². The van der Waals surface area contributed by atoms with Crippen molar-refractivity contribution in [1.29, 1.82) is 0 Å². The summed E-state index contributed by atoms with van der Waals surface area (Å²) in [7, 11) is 3.54. The lowest BCUT2D eigenvalue weighted by molar-refractivity contribution is 0.416. The second-order valence-electron chi connectivity index (χ2n) is 3.65. The Morgan fingerprint density at radius 3 is 2.56 bits per heavy atom. The second-order valence-corrected chi connectivity index (χ2v) is 3.65. The number of rotatable bonds is 2. The van der Waals surface area contributed by atoms with E-state index in [1.807, 2.05) is 42.8 Å². The molecule has 0 aliphatic carbocycles. The molecule has 0 fully saturated rings. The molecule has 0 atom stereocenters. The minimum atomic E-state index is 0.655. The highest BCUT2D eigenvalue weighted by atomic mass is 16.5. The van der Waals surface area contributed by atoms with E-state index in [-0.39, 0.29) is 0 Å². The second kappa shape index (κ2) is 3.89. The van der Waals surface area contributed by atoms with Crippen molar-refractivity contribution < 1.29 is 4.74 Å². The molecule has 2 N–H and O–H groups in total. The van der Waals surface area contributed by atoms with Gasteiger partial charge in [0.1, 0.15) is 23.1 Å². The third-order valence-electron chi connectivity index (χ3n) is 2.73. The predicted molar refractivity (Wildman–Crippen MR) is 64.3 cm³/mol. The largest absolute Gasteiger partial charge is 0.496 e. The first kappa shape index (κ1) is 10.5. The third-order valence-corrected chi connectivity index (χ3v) is 2.73. The van der Waals surface area contributed by atoms with Crippen molar-refractivity contribution in [2.24, 2.45) is 7.05 Å². The Bertz CT molecular complexity index is 517. The van der Waals surface area contributed by atoms with Gasteiger partial charge in [0, 0.05) is 12.6 Å². The van der Waals surface area contributed by atoms with Crippen molar-refractivity contribution >= 4 is 5.82 Å². The Labute approximate surface area is 94.7 Å². The van der Waals surface area contributed by atoms with E-state index in [0.29, 0.717) is 5.82 Å². The third kappa shape index (κ3) is 1.52. The number of para-hydroxylation sites is 1. The lowest BCUT2D eigenvalue weighted by Gasteiger charge is -2.06. The van der Waals surface area contributed by atoms with Crippen molar-refractivity contribution in [1.82, 2.24) is 9.55 Å². The molecule has 16 heavy (non-hydrogen) atoms. The fourth-order valence-corrected chi connectivity index (χ4v) is 1.67. The maximum atomic E-state index is 6.00. The summed E-state index contributed by atoms with van der Waals surface area (Å²) >= 11 is 0. The van der Waals surface area contributed by atoms with E-state index in [9.17, 15) is 0 Å². The van der Waals surface area contributed by atoms with Gasteiger partial charge >= 0.3 is 0 Å². The van der Waals surface area contributed by atoms with Crippen LogP contribution in [0.3, 0.4) is 0 Å². The van der Waals surface area contributed by atoms with Gasteiger partial charge in [0.2, 0.25) is 0 Å². The van der Waals surface area contributed by atoms with Gasteiger partial charge in [-0.25, -0.2) is 4.98 Å². The van der Waals surface area contributed by atoms with Crippen LogP contribution in [0.25, 0.3) is 11.3 Å². The van der Waals surface area contributed by atoms with Gasteiger partial charge in [-0.1, -0.05) is 12.1 Å². The molecule has 84 valence electrons. The van der Waals surface area contributed by atoms with E-state index in [4.69, 9.17) is 10.5 Å². The number of aryl methyl sites for hydroxylation is 1. The van der Waals surface area contributed by atoms with Crippen LogP contribution in [-0.2, 0) is 7.05 Å². The van der Waals surface area contributed by atoms with Crippen LogP contribution < -0.4 is 10.5 Å². The molecule has 4 heteroatoms. The summed E-state index contributed by atoms with van der Waals surface area (Å²) in [6, 6.07) is 7.73. The molecule has 1 heterocycles. The van der Waals surface area contributed by atoms with Crippen LogP contribution in [-0.4, -0.2) is 16.7 Å². The van der Waals surface area contributed by atoms with Gasteiger partial charge in [-0.05, 0) is 19.1 Å². The molecule has 0 bridgehead atoms. The molecule has 2 aromatic rings. The van der Waals surface area contributed by atoms with Crippen LogP contribution in [0.15, 0.2) is 24.3 Å². The summed E-state index contributed by atoms with van der Waals surface area (Å²) in [4.78, 5) is 4.45. The van der Waals surface area contributed by atoms with Crippen LogP contribution in [0, 0.1) is 6.92 Å². The van der Waals surface area contributed by atoms with Crippen LogP contribution in [0.5, 0.6) is 5.75 Å². The molecule has 0 saturated carbocycles. The number of methoxy groups -OCH3 is 1. The average Bonchev–Trinajstić information content (AvgIpc) is 2.57. The highest BCUT2D eigenvalue weighted by Gasteiger charge is 2.14. The van der Waals surface area contributed by atoms with Crippen LogP contribution in [0.1, 0.15) is 5.82 Å². The summed E-state index contributed by atoms with van der Waals surface area (Å²) in [5.74, 6) is 2.33. The van der Waals surface area contributed by atoms with E-state index in [1.54, 1.807) is 7.11 Å². The zero-order valence-corrected chi connectivity index (χ0v) is 9.69. The Balaban J connectivity index is 2.63. The fraction of sp³-hybridized carbons (Fsp3) is 0.250. The van der Waals surface area contributed by atoms with E-state index >= 15 is 0 Å². The summed E-state index contributed by atoms with van der Waals surface area (Å²) < 4.78 is 7.16. The van der Waals surface area contributed by atoms with Crippen molar-refractivity contribution in [3.05, 3.63) is 30.1 Å². The lowest BCUT2D eigenvalue weighted by atomic mass is 10.1. The molecule has 1 aromatic heterocycles. The number of ether oxygens (including phenoxy) is 1. The first-order valence-electron chi connectivity index (χ1n) is 5.07. The van der Waals surface area contributed by atoms with E-state index < -0.39 is 0 Å². The van der Waals surface area contributed by atoms with Crippen LogP contribution in [0.4, 0.5) is 5.82 Å². The Morgan fingerprint density at radius 2 is 2.00 bits per heavy atom. The molecular formula is C12H15N3O. The number of nitrogens with two attached hydrogens (primary N) is 1. The molecule has 0 aliphatic heterocycles. The molecular weight excluding hydrogens is 202 g/mol. The molecule has 0 amide bonds. The quantitative estimate of drug-likeness (QED) is 0.836. The average molecular weight is 217 g/mol. The zero-order valence-electron chi connectivity index (χ0n) is 9.69. The Kier molecular flexibility index (Phi) is 2.56. The summed E-state index contributed by atoms with van der Waals surface area (Å²) in [5.41, 5.74) is 7.70. The zero-order chi connectivity index (χ0) is 11.7.